The van der Waals surface area contributed by atoms with E-state index in [0.717, 1.165) is 6.07 Å². The van der Waals surface area contributed by atoms with Crippen LogP contribution in [0, 0.1) is 22.9 Å². The second kappa shape index (κ2) is 5.58. The van der Waals surface area contributed by atoms with Gasteiger partial charge in [-0.25, -0.2) is 9.18 Å². The van der Waals surface area contributed by atoms with Crippen molar-refractivity contribution in [1.82, 2.24) is 0 Å². The molecule has 21 heavy (non-hydrogen) atoms. The summed E-state index contributed by atoms with van der Waals surface area (Å²) < 4.78 is 19.0. The third-order valence-electron chi connectivity index (χ3n) is 2.76. The lowest BCUT2D eigenvalue weighted by Gasteiger charge is -2.08. The highest BCUT2D eigenvalue weighted by atomic mass is 19.1. The molecule has 2 aromatic rings. The lowest BCUT2D eigenvalue weighted by atomic mass is 10.2. The fraction of sp³-hybridized carbons (Fsp3) is 0.0714. The quantitative estimate of drug-likeness (QED) is 0.687. The molecule has 0 bridgehead atoms. The number of hydrogen-bond acceptors (Lipinski definition) is 4. The predicted molar refractivity (Wildman–Crippen MR) is 71.3 cm³/mol. The van der Waals surface area contributed by atoms with Crippen molar-refractivity contribution >= 4 is 11.7 Å². The van der Waals surface area contributed by atoms with E-state index in [2.05, 4.69) is 0 Å². The first-order valence-corrected chi connectivity index (χ1v) is 5.84. The van der Waals surface area contributed by atoms with E-state index in [1.165, 1.54) is 37.3 Å². The van der Waals surface area contributed by atoms with E-state index in [-0.39, 0.29) is 28.3 Å². The van der Waals surface area contributed by atoms with Gasteiger partial charge in [0.1, 0.15) is 5.75 Å². The van der Waals surface area contributed by atoms with Gasteiger partial charge in [-0.1, -0.05) is 6.07 Å². The van der Waals surface area contributed by atoms with E-state index in [1.807, 2.05) is 0 Å². The minimum Gasteiger partial charge on any atom is -0.478 e. The zero-order valence-electron chi connectivity index (χ0n) is 10.9. The average molecular weight is 291 g/mol. The van der Waals surface area contributed by atoms with Crippen molar-refractivity contribution in [3.8, 4) is 11.5 Å². The Balaban J connectivity index is 2.36. The van der Waals surface area contributed by atoms with Crippen LogP contribution in [0.4, 0.5) is 10.1 Å². The van der Waals surface area contributed by atoms with Gasteiger partial charge in [0.15, 0.2) is 11.6 Å². The minimum absolute atomic E-state index is 0.00783. The number of carboxylic acid groups (broad SMARTS) is 1. The molecule has 1 N–H and O–H groups in total. The number of carbonyl (C=O) groups is 1. The van der Waals surface area contributed by atoms with E-state index < -0.39 is 16.7 Å². The van der Waals surface area contributed by atoms with Gasteiger partial charge in [0.05, 0.1) is 16.6 Å². The first-order valence-electron chi connectivity index (χ1n) is 5.84. The molecule has 0 heterocycles. The number of nitrogens with zero attached hydrogens (tertiary/aromatic N) is 1. The standard InChI is InChI=1S/C14H10FNO5/c1-8-5-13(11(15)7-12(8)16(19)20)21-10-4-2-3-9(6-10)14(17)18/h2-7H,1H3,(H,17,18). The Morgan fingerprint density at radius 2 is 2.05 bits per heavy atom. The SMILES string of the molecule is Cc1cc(Oc2cccc(C(=O)O)c2)c(F)cc1[N+](=O)[O-]. The molecule has 0 atom stereocenters. The van der Waals surface area contributed by atoms with Crippen LogP contribution >= 0.6 is 0 Å². The maximum atomic E-state index is 13.8. The van der Waals surface area contributed by atoms with E-state index in [1.54, 1.807) is 0 Å². The zero-order valence-corrected chi connectivity index (χ0v) is 10.9. The summed E-state index contributed by atoms with van der Waals surface area (Å²) in [7, 11) is 0. The maximum absolute atomic E-state index is 13.8. The number of nitro groups is 1. The van der Waals surface area contributed by atoms with Crippen LogP contribution in [0.2, 0.25) is 0 Å². The number of rotatable bonds is 4. The first-order chi connectivity index (χ1) is 9.88. The third-order valence-corrected chi connectivity index (χ3v) is 2.76. The Labute approximate surface area is 118 Å². The van der Waals surface area contributed by atoms with Gasteiger partial charge < -0.3 is 9.84 Å². The average Bonchev–Trinajstić information content (AvgIpc) is 2.42. The van der Waals surface area contributed by atoms with Crippen molar-refractivity contribution in [3.63, 3.8) is 0 Å². The zero-order chi connectivity index (χ0) is 15.6. The highest BCUT2D eigenvalue weighted by molar-refractivity contribution is 5.88. The van der Waals surface area contributed by atoms with Crippen molar-refractivity contribution < 1.29 is 24.0 Å². The largest absolute Gasteiger partial charge is 0.478 e. The van der Waals surface area contributed by atoms with Crippen LogP contribution in [0.15, 0.2) is 36.4 Å². The molecule has 0 aliphatic heterocycles. The summed E-state index contributed by atoms with van der Waals surface area (Å²) in [5.41, 5.74) is -0.114. The fourth-order valence-electron chi connectivity index (χ4n) is 1.74. The number of carboxylic acids is 1. The van der Waals surface area contributed by atoms with Crippen LogP contribution < -0.4 is 4.74 Å². The topological polar surface area (TPSA) is 89.7 Å². The summed E-state index contributed by atoms with van der Waals surface area (Å²) in [6, 6.07) is 7.48. The molecule has 0 aliphatic carbocycles. The normalized spacial score (nSPS) is 10.2. The molecule has 0 aliphatic rings. The van der Waals surface area contributed by atoms with Gasteiger partial charge in [-0.05, 0) is 31.2 Å². The van der Waals surface area contributed by atoms with Crippen molar-refractivity contribution in [3.05, 3.63) is 63.5 Å². The van der Waals surface area contributed by atoms with Crippen LogP contribution in [-0.4, -0.2) is 16.0 Å². The fourth-order valence-corrected chi connectivity index (χ4v) is 1.74. The van der Waals surface area contributed by atoms with Crippen molar-refractivity contribution in [2.75, 3.05) is 0 Å². The molecule has 0 saturated carbocycles. The molecule has 108 valence electrons. The van der Waals surface area contributed by atoms with E-state index in [0.29, 0.717) is 0 Å². The number of aryl methyl sites for hydroxylation is 1. The summed E-state index contributed by atoms with van der Waals surface area (Å²) in [5.74, 6) is -2.11. The predicted octanol–water partition coefficient (Wildman–Crippen LogP) is 3.53. The Morgan fingerprint density at radius 1 is 1.33 bits per heavy atom. The summed E-state index contributed by atoms with van der Waals surface area (Å²) in [4.78, 5) is 20.9. The molecule has 0 saturated heterocycles. The Bertz CT molecular complexity index is 729. The highest BCUT2D eigenvalue weighted by Gasteiger charge is 2.17. The smallest absolute Gasteiger partial charge is 0.335 e. The summed E-state index contributed by atoms with van der Waals surface area (Å²) in [5, 5.41) is 19.6. The van der Waals surface area contributed by atoms with Gasteiger partial charge >= 0.3 is 5.97 Å². The van der Waals surface area contributed by atoms with Gasteiger partial charge in [0, 0.05) is 5.56 Å². The molecule has 0 radical (unpaired) electrons. The molecule has 0 fully saturated rings. The summed E-state index contributed by atoms with van der Waals surface area (Å²) >= 11 is 0. The van der Waals surface area contributed by atoms with Gasteiger partial charge in [0.25, 0.3) is 5.69 Å². The van der Waals surface area contributed by atoms with Gasteiger partial charge in [-0.15, -0.1) is 0 Å². The molecule has 7 heteroatoms. The maximum Gasteiger partial charge on any atom is 0.335 e. The van der Waals surface area contributed by atoms with Crippen molar-refractivity contribution in [2.45, 2.75) is 6.92 Å². The Hall–Kier alpha value is -2.96. The minimum atomic E-state index is -1.14. The molecule has 0 spiro atoms. The monoisotopic (exact) mass is 291 g/mol. The molecular formula is C14H10FNO5. The van der Waals surface area contributed by atoms with E-state index in [4.69, 9.17) is 9.84 Å². The van der Waals surface area contributed by atoms with Crippen molar-refractivity contribution in [1.29, 1.82) is 0 Å². The van der Waals surface area contributed by atoms with Gasteiger partial charge in [-0.3, -0.25) is 10.1 Å². The lowest BCUT2D eigenvalue weighted by molar-refractivity contribution is -0.385. The number of nitro benzene ring substituents is 1. The third kappa shape index (κ3) is 3.14. The van der Waals surface area contributed by atoms with E-state index >= 15 is 0 Å². The van der Waals surface area contributed by atoms with Crippen LogP contribution in [0.25, 0.3) is 0 Å². The molecule has 0 aromatic heterocycles. The van der Waals surface area contributed by atoms with Crippen LogP contribution in [-0.2, 0) is 0 Å². The number of aromatic carboxylic acids is 1. The lowest BCUT2D eigenvalue weighted by Crippen LogP contribution is -1.98. The van der Waals surface area contributed by atoms with Gasteiger partial charge in [-0.2, -0.15) is 0 Å². The highest BCUT2D eigenvalue weighted by Crippen LogP contribution is 2.30. The van der Waals surface area contributed by atoms with Crippen LogP contribution in [0.3, 0.4) is 0 Å². The number of ether oxygens (including phenoxy) is 1. The summed E-state index contributed by atoms with van der Waals surface area (Å²) in [6.07, 6.45) is 0. The Morgan fingerprint density at radius 3 is 2.67 bits per heavy atom. The van der Waals surface area contributed by atoms with Crippen molar-refractivity contribution in [2.24, 2.45) is 0 Å². The second-order valence-electron chi connectivity index (χ2n) is 4.26. The molecule has 0 unspecified atom stereocenters. The summed E-state index contributed by atoms with van der Waals surface area (Å²) in [6.45, 7) is 1.46. The van der Waals surface area contributed by atoms with E-state index in [9.17, 15) is 19.3 Å². The van der Waals surface area contributed by atoms with Gasteiger partial charge in [0.2, 0.25) is 0 Å². The first kappa shape index (κ1) is 14.4. The molecule has 6 nitrogen and oxygen atoms in total. The number of halogens is 1. The number of hydrogen-bond donors (Lipinski definition) is 1. The molecule has 0 amide bonds. The second-order valence-corrected chi connectivity index (χ2v) is 4.26. The molecule has 2 aromatic carbocycles. The van der Waals surface area contributed by atoms with Crippen LogP contribution in [0.1, 0.15) is 15.9 Å². The number of benzene rings is 2. The molecular weight excluding hydrogens is 281 g/mol. The Kier molecular flexibility index (Phi) is 3.84. The van der Waals surface area contributed by atoms with Crippen LogP contribution in [0.5, 0.6) is 11.5 Å². The molecule has 2 rings (SSSR count).